The minimum absolute atomic E-state index is 0.264. The van der Waals surface area contributed by atoms with E-state index < -0.39 is 0 Å². The first-order valence-corrected chi connectivity index (χ1v) is 7.25. The second-order valence-corrected chi connectivity index (χ2v) is 5.54. The molecule has 0 spiro atoms. The molecule has 1 unspecified atom stereocenters. The summed E-state index contributed by atoms with van der Waals surface area (Å²) in [7, 11) is 1.40. The Bertz CT molecular complexity index is 622. The zero-order chi connectivity index (χ0) is 14.7. The standard InChI is InChI=1S/C15H17BrN2O2/c1-4-11(15(19)20-3)14-17-8-13(18-14)12-7-10(16)6-5-9(12)2/h5-8,11H,4H2,1-3H3,(H,17,18). The highest BCUT2D eigenvalue weighted by Gasteiger charge is 2.22. The lowest BCUT2D eigenvalue weighted by atomic mass is 10.1. The highest BCUT2D eigenvalue weighted by molar-refractivity contribution is 9.10. The topological polar surface area (TPSA) is 55.0 Å². The van der Waals surface area contributed by atoms with Crippen molar-refractivity contribution >= 4 is 21.9 Å². The molecular formula is C15H17BrN2O2. The van der Waals surface area contributed by atoms with Gasteiger partial charge in [-0.1, -0.05) is 28.9 Å². The highest BCUT2D eigenvalue weighted by atomic mass is 79.9. The third kappa shape index (κ3) is 2.93. The Hall–Kier alpha value is -1.62. The molecule has 2 rings (SSSR count). The van der Waals surface area contributed by atoms with E-state index in [9.17, 15) is 4.79 Å². The van der Waals surface area contributed by atoms with E-state index in [1.54, 1.807) is 6.20 Å². The molecule has 0 saturated carbocycles. The van der Waals surface area contributed by atoms with Crippen molar-refractivity contribution < 1.29 is 9.53 Å². The van der Waals surface area contributed by atoms with Gasteiger partial charge in [0.2, 0.25) is 0 Å². The quantitative estimate of drug-likeness (QED) is 0.863. The molecule has 1 aromatic heterocycles. The average molecular weight is 337 g/mol. The lowest BCUT2D eigenvalue weighted by Gasteiger charge is -2.09. The van der Waals surface area contributed by atoms with Crippen LogP contribution in [-0.4, -0.2) is 23.0 Å². The molecule has 0 saturated heterocycles. The number of hydrogen-bond donors (Lipinski definition) is 1. The summed E-state index contributed by atoms with van der Waals surface area (Å²) in [5.74, 6) is 0.0364. The molecule has 4 nitrogen and oxygen atoms in total. The molecule has 106 valence electrons. The van der Waals surface area contributed by atoms with Crippen molar-refractivity contribution in [1.29, 1.82) is 0 Å². The first-order valence-electron chi connectivity index (χ1n) is 6.46. The number of aromatic amines is 1. The zero-order valence-corrected chi connectivity index (χ0v) is 13.3. The number of carbonyl (C=O) groups excluding carboxylic acids is 1. The third-order valence-corrected chi connectivity index (χ3v) is 3.80. The van der Waals surface area contributed by atoms with Gasteiger partial charge >= 0.3 is 5.97 Å². The van der Waals surface area contributed by atoms with Crippen molar-refractivity contribution in [2.75, 3.05) is 7.11 Å². The highest BCUT2D eigenvalue weighted by Crippen LogP contribution is 2.27. The first kappa shape index (κ1) is 14.8. The SMILES string of the molecule is CCC(C(=O)OC)c1ncc(-c2cc(Br)ccc2C)[nH]1. The van der Waals surface area contributed by atoms with Crippen LogP contribution in [0.3, 0.4) is 0 Å². The van der Waals surface area contributed by atoms with Crippen molar-refractivity contribution in [3.63, 3.8) is 0 Å². The molecular weight excluding hydrogens is 320 g/mol. The van der Waals surface area contributed by atoms with E-state index in [1.807, 2.05) is 32.0 Å². The predicted molar refractivity (Wildman–Crippen MR) is 81.5 cm³/mol. The maximum atomic E-state index is 11.7. The summed E-state index contributed by atoms with van der Waals surface area (Å²) in [5, 5.41) is 0. The van der Waals surface area contributed by atoms with Crippen LogP contribution in [0.5, 0.6) is 0 Å². The van der Waals surface area contributed by atoms with Gasteiger partial charge in [0.25, 0.3) is 0 Å². The van der Waals surface area contributed by atoms with Gasteiger partial charge in [-0.2, -0.15) is 0 Å². The Kier molecular flexibility index (Phi) is 4.60. The van der Waals surface area contributed by atoms with Gasteiger partial charge in [0, 0.05) is 10.0 Å². The number of aryl methyl sites for hydroxylation is 1. The number of imidazole rings is 1. The molecule has 20 heavy (non-hydrogen) atoms. The van der Waals surface area contributed by atoms with Gasteiger partial charge in [-0.25, -0.2) is 4.98 Å². The molecule has 5 heteroatoms. The smallest absolute Gasteiger partial charge is 0.316 e. The summed E-state index contributed by atoms with van der Waals surface area (Å²) in [5.41, 5.74) is 3.12. The number of halogens is 1. The zero-order valence-electron chi connectivity index (χ0n) is 11.7. The number of ether oxygens (including phenoxy) is 1. The summed E-state index contributed by atoms with van der Waals surface area (Å²) in [4.78, 5) is 19.3. The molecule has 0 fully saturated rings. The summed E-state index contributed by atoms with van der Waals surface area (Å²) in [6, 6.07) is 6.07. The molecule has 1 aromatic carbocycles. The molecule has 0 aliphatic carbocycles. The fourth-order valence-corrected chi connectivity index (χ4v) is 2.51. The predicted octanol–water partition coefficient (Wildman–Crippen LogP) is 3.81. The lowest BCUT2D eigenvalue weighted by molar-refractivity contribution is -0.142. The first-order chi connectivity index (χ1) is 9.56. The van der Waals surface area contributed by atoms with Crippen LogP contribution >= 0.6 is 15.9 Å². The molecule has 0 radical (unpaired) electrons. The number of methoxy groups -OCH3 is 1. The van der Waals surface area contributed by atoms with Crippen LogP contribution in [-0.2, 0) is 9.53 Å². The van der Waals surface area contributed by atoms with Crippen molar-refractivity contribution in [2.45, 2.75) is 26.2 Å². The Morgan fingerprint density at radius 1 is 1.50 bits per heavy atom. The number of carbonyl (C=O) groups is 1. The van der Waals surface area contributed by atoms with E-state index >= 15 is 0 Å². The Balaban J connectivity index is 2.37. The maximum absolute atomic E-state index is 11.7. The van der Waals surface area contributed by atoms with Crippen molar-refractivity contribution in [3.8, 4) is 11.3 Å². The van der Waals surface area contributed by atoms with Gasteiger partial charge in [-0.05, 0) is 31.0 Å². The maximum Gasteiger partial charge on any atom is 0.316 e. The summed E-state index contributed by atoms with van der Waals surface area (Å²) in [6.45, 7) is 3.98. The lowest BCUT2D eigenvalue weighted by Crippen LogP contribution is -2.14. The molecule has 1 atom stereocenters. The fourth-order valence-electron chi connectivity index (χ4n) is 2.15. The molecule has 0 bridgehead atoms. The minimum atomic E-state index is -0.346. The Labute approximate surface area is 126 Å². The van der Waals surface area contributed by atoms with Crippen LogP contribution in [0.4, 0.5) is 0 Å². The van der Waals surface area contributed by atoms with Gasteiger partial charge < -0.3 is 9.72 Å². The number of esters is 1. The average Bonchev–Trinajstić information content (AvgIpc) is 2.91. The summed E-state index contributed by atoms with van der Waals surface area (Å²) < 4.78 is 5.82. The minimum Gasteiger partial charge on any atom is -0.468 e. The van der Waals surface area contributed by atoms with E-state index in [2.05, 4.69) is 25.9 Å². The van der Waals surface area contributed by atoms with E-state index in [1.165, 1.54) is 7.11 Å². The van der Waals surface area contributed by atoms with E-state index in [0.29, 0.717) is 12.2 Å². The second kappa shape index (κ2) is 6.22. The van der Waals surface area contributed by atoms with Gasteiger partial charge in [0.05, 0.1) is 19.0 Å². The molecule has 2 aromatic rings. The second-order valence-electron chi connectivity index (χ2n) is 4.63. The van der Waals surface area contributed by atoms with Gasteiger partial charge in [-0.15, -0.1) is 0 Å². The molecule has 1 N–H and O–H groups in total. The summed E-state index contributed by atoms with van der Waals surface area (Å²) >= 11 is 3.47. The van der Waals surface area contributed by atoms with Crippen molar-refractivity contribution in [3.05, 3.63) is 40.3 Å². The van der Waals surface area contributed by atoms with Gasteiger partial charge in [0.15, 0.2) is 0 Å². The van der Waals surface area contributed by atoms with Crippen LogP contribution < -0.4 is 0 Å². The van der Waals surface area contributed by atoms with E-state index in [4.69, 9.17) is 4.74 Å². The van der Waals surface area contributed by atoms with Gasteiger partial charge in [-0.3, -0.25) is 4.79 Å². The number of aromatic nitrogens is 2. The summed E-state index contributed by atoms with van der Waals surface area (Å²) in [6.07, 6.45) is 2.41. The van der Waals surface area contributed by atoms with Crippen LogP contribution in [0, 0.1) is 6.92 Å². The largest absolute Gasteiger partial charge is 0.468 e. The van der Waals surface area contributed by atoms with E-state index in [-0.39, 0.29) is 11.9 Å². The molecule has 0 aliphatic heterocycles. The van der Waals surface area contributed by atoms with Crippen molar-refractivity contribution in [1.82, 2.24) is 9.97 Å². The number of rotatable bonds is 4. The number of H-pyrrole nitrogens is 1. The van der Waals surface area contributed by atoms with E-state index in [0.717, 1.165) is 21.3 Å². The van der Waals surface area contributed by atoms with Crippen molar-refractivity contribution in [2.24, 2.45) is 0 Å². The third-order valence-electron chi connectivity index (χ3n) is 3.31. The Morgan fingerprint density at radius 2 is 2.25 bits per heavy atom. The van der Waals surface area contributed by atoms with Crippen LogP contribution in [0.25, 0.3) is 11.3 Å². The fraction of sp³-hybridized carbons (Fsp3) is 0.333. The van der Waals surface area contributed by atoms with Crippen LogP contribution in [0.15, 0.2) is 28.9 Å². The van der Waals surface area contributed by atoms with Gasteiger partial charge in [0.1, 0.15) is 11.7 Å². The number of benzene rings is 1. The molecule has 1 heterocycles. The number of nitrogens with zero attached hydrogens (tertiary/aromatic N) is 1. The van der Waals surface area contributed by atoms with Crippen LogP contribution in [0.2, 0.25) is 0 Å². The molecule has 0 amide bonds. The normalized spacial score (nSPS) is 12.2. The molecule has 0 aliphatic rings. The Morgan fingerprint density at radius 3 is 2.90 bits per heavy atom. The monoisotopic (exact) mass is 336 g/mol. The number of nitrogens with one attached hydrogen (secondary N) is 1. The van der Waals surface area contributed by atoms with Crippen LogP contribution in [0.1, 0.15) is 30.7 Å². The number of hydrogen-bond acceptors (Lipinski definition) is 3.